The van der Waals surface area contributed by atoms with Crippen LogP contribution in [0.15, 0.2) is 23.5 Å². The van der Waals surface area contributed by atoms with Gasteiger partial charge in [-0.25, -0.2) is 0 Å². The van der Waals surface area contributed by atoms with Gasteiger partial charge >= 0.3 is 0 Å². The summed E-state index contributed by atoms with van der Waals surface area (Å²) in [5.41, 5.74) is 6.78. The Morgan fingerprint density at radius 3 is 2.94 bits per heavy atom. The van der Waals surface area contributed by atoms with Crippen LogP contribution >= 0.6 is 0 Å². The maximum absolute atomic E-state index is 8.71. The highest BCUT2D eigenvalue weighted by Gasteiger charge is 2.17. The summed E-state index contributed by atoms with van der Waals surface area (Å²) >= 11 is 0. The minimum absolute atomic E-state index is 0.0111. The molecular weight excluding hydrogens is 232 g/mol. The zero-order valence-corrected chi connectivity index (χ0v) is 11.0. The largest absolute Gasteiger partial charge is 0.409 e. The van der Waals surface area contributed by atoms with Crippen molar-refractivity contribution in [3.05, 3.63) is 29.6 Å². The molecule has 6 heteroatoms. The van der Waals surface area contributed by atoms with Crippen molar-refractivity contribution in [2.45, 2.75) is 25.9 Å². The molecule has 0 aromatic carbocycles. The number of hydrogen-bond donors (Lipinski definition) is 3. The third kappa shape index (κ3) is 3.97. The van der Waals surface area contributed by atoms with Crippen LogP contribution in [-0.4, -0.2) is 35.3 Å². The molecule has 0 saturated carbocycles. The molecule has 0 aliphatic carbocycles. The quantitative estimate of drug-likeness (QED) is 0.300. The topological polar surface area (TPSA) is 92.8 Å². The van der Waals surface area contributed by atoms with Gasteiger partial charge in [0, 0.05) is 25.4 Å². The number of oxime groups is 1. The first kappa shape index (κ1) is 14.4. The summed E-state index contributed by atoms with van der Waals surface area (Å²) in [6.45, 7) is 5.23. The van der Waals surface area contributed by atoms with Crippen molar-refractivity contribution in [1.29, 1.82) is 0 Å². The van der Waals surface area contributed by atoms with Crippen LogP contribution < -0.4 is 11.1 Å². The van der Waals surface area contributed by atoms with Gasteiger partial charge in [0.25, 0.3) is 0 Å². The third-order valence-electron chi connectivity index (χ3n) is 2.50. The smallest absolute Gasteiger partial charge is 0.189 e. The highest BCUT2D eigenvalue weighted by Crippen LogP contribution is 2.09. The van der Waals surface area contributed by atoms with Crippen LogP contribution in [-0.2, 0) is 11.3 Å². The Hall–Kier alpha value is -1.66. The van der Waals surface area contributed by atoms with E-state index in [0.29, 0.717) is 18.8 Å². The Morgan fingerprint density at radius 1 is 1.61 bits per heavy atom. The maximum atomic E-state index is 8.71. The maximum Gasteiger partial charge on any atom is 0.189 e. The summed E-state index contributed by atoms with van der Waals surface area (Å²) in [6.07, 6.45) is 1.61. The van der Waals surface area contributed by atoms with Crippen LogP contribution in [0.1, 0.15) is 25.1 Å². The molecule has 0 fully saturated rings. The van der Waals surface area contributed by atoms with Gasteiger partial charge in [-0.05, 0) is 25.5 Å². The van der Waals surface area contributed by atoms with Gasteiger partial charge in [-0.15, -0.1) is 0 Å². The molecule has 100 valence electrons. The van der Waals surface area contributed by atoms with Crippen molar-refractivity contribution < 1.29 is 9.94 Å². The van der Waals surface area contributed by atoms with Crippen LogP contribution in [0.3, 0.4) is 0 Å². The van der Waals surface area contributed by atoms with Gasteiger partial charge in [0.15, 0.2) is 5.84 Å². The summed E-state index contributed by atoms with van der Waals surface area (Å²) in [5, 5.41) is 15.0. The molecule has 0 spiro atoms. The molecule has 0 saturated heterocycles. The normalized spacial score (nSPS) is 12.7. The van der Waals surface area contributed by atoms with E-state index in [1.165, 1.54) is 0 Å². The second-order valence-corrected chi connectivity index (χ2v) is 4.67. The second kappa shape index (κ2) is 6.32. The molecule has 0 aliphatic rings. The predicted molar refractivity (Wildman–Crippen MR) is 69.5 cm³/mol. The first-order chi connectivity index (χ1) is 8.50. The van der Waals surface area contributed by atoms with Crippen LogP contribution in [0, 0.1) is 0 Å². The minimum Gasteiger partial charge on any atom is -0.409 e. The summed E-state index contributed by atoms with van der Waals surface area (Å²) in [7, 11) is 1.66. The van der Waals surface area contributed by atoms with Crippen molar-refractivity contribution in [3.63, 3.8) is 0 Å². The van der Waals surface area contributed by atoms with Crippen molar-refractivity contribution >= 4 is 5.84 Å². The molecule has 0 bridgehead atoms. The monoisotopic (exact) mass is 252 g/mol. The summed E-state index contributed by atoms with van der Waals surface area (Å²) in [6, 6.07) is 3.70. The Bertz CT molecular complexity index is 418. The Balaban J connectivity index is 2.79. The van der Waals surface area contributed by atoms with E-state index in [-0.39, 0.29) is 11.4 Å². The van der Waals surface area contributed by atoms with Gasteiger partial charge < -0.3 is 21.0 Å². The zero-order chi connectivity index (χ0) is 13.6. The van der Waals surface area contributed by atoms with Crippen LogP contribution in [0.2, 0.25) is 0 Å². The number of pyridine rings is 1. The fourth-order valence-electron chi connectivity index (χ4n) is 1.61. The summed E-state index contributed by atoms with van der Waals surface area (Å²) < 4.78 is 5.13. The molecule has 1 aromatic rings. The number of hydrogen-bond acceptors (Lipinski definition) is 5. The molecule has 0 radical (unpaired) electrons. The predicted octanol–water partition coefficient (Wildman–Crippen LogP) is 0.691. The van der Waals surface area contributed by atoms with Crippen molar-refractivity contribution in [3.8, 4) is 0 Å². The highest BCUT2D eigenvalue weighted by atomic mass is 16.5. The van der Waals surface area contributed by atoms with Gasteiger partial charge in [0.2, 0.25) is 0 Å². The Labute approximate surface area is 107 Å². The van der Waals surface area contributed by atoms with E-state index in [2.05, 4.69) is 15.5 Å². The van der Waals surface area contributed by atoms with Crippen molar-refractivity contribution in [1.82, 2.24) is 10.3 Å². The number of ether oxygens (including phenoxy) is 1. The van der Waals surface area contributed by atoms with Gasteiger partial charge in [-0.2, -0.15) is 0 Å². The molecule has 1 aromatic heterocycles. The van der Waals surface area contributed by atoms with Crippen LogP contribution in [0.4, 0.5) is 0 Å². The summed E-state index contributed by atoms with van der Waals surface area (Å²) in [5.74, 6) is 0.0111. The summed E-state index contributed by atoms with van der Waals surface area (Å²) in [4.78, 5) is 4.11. The molecule has 1 rings (SSSR count). The number of nitrogens with zero attached hydrogens (tertiary/aromatic N) is 2. The lowest BCUT2D eigenvalue weighted by Crippen LogP contribution is -2.43. The van der Waals surface area contributed by atoms with E-state index in [1.54, 1.807) is 13.3 Å². The van der Waals surface area contributed by atoms with Crippen LogP contribution in [0.5, 0.6) is 0 Å². The number of methoxy groups -OCH3 is 1. The standard InChI is InChI=1S/C12H20N4O2/c1-12(2,8-18-3)15-7-9-5-4-6-14-10(9)11(13)16-17/h4-6,15,17H,7-8H2,1-3H3,(H2,13,16). The van der Waals surface area contributed by atoms with Crippen molar-refractivity contribution in [2.24, 2.45) is 10.9 Å². The molecule has 0 unspecified atom stereocenters. The van der Waals surface area contributed by atoms with E-state index < -0.39 is 0 Å². The average molecular weight is 252 g/mol. The van der Waals surface area contributed by atoms with Gasteiger partial charge in [0.05, 0.1) is 6.61 Å². The number of rotatable bonds is 6. The fraction of sp³-hybridized carbons (Fsp3) is 0.500. The Morgan fingerprint density at radius 2 is 2.33 bits per heavy atom. The lowest BCUT2D eigenvalue weighted by atomic mass is 10.1. The molecule has 0 aliphatic heterocycles. The van der Waals surface area contributed by atoms with E-state index >= 15 is 0 Å². The van der Waals surface area contributed by atoms with Gasteiger partial charge in [-0.1, -0.05) is 11.2 Å². The van der Waals surface area contributed by atoms with E-state index in [9.17, 15) is 0 Å². The first-order valence-electron chi connectivity index (χ1n) is 5.66. The van der Waals surface area contributed by atoms with Gasteiger partial charge in [0.1, 0.15) is 5.69 Å². The molecular formula is C12H20N4O2. The first-order valence-corrected chi connectivity index (χ1v) is 5.66. The molecule has 4 N–H and O–H groups in total. The van der Waals surface area contributed by atoms with Crippen molar-refractivity contribution in [2.75, 3.05) is 13.7 Å². The number of nitrogens with two attached hydrogens (primary N) is 1. The lowest BCUT2D eigenvalue weighted by molar-refractivity contribution is 0.127. The number of aromatic nitrogens is 1. The van der Waals surface area contributed by atoms with E-state index in [0.717, 1.165) is 5.56 Å². The molecule has 0 amide bonds. The molecule has 1 heterocycles. The molecule has 18 heavy (non-hydrogen) atoms. The van der Waals surface area contributed by atoms with E-state index in [4.69, 9.17) is 15.7 Å². The van der Waals surface area contributed by atoms with Crippen LogP contribution in [0.25, 0.3) is 0 Å². The molecule has 0 atom stereocenters. The zero-order valence-electron chi connectivity index (χ0n) is 11.0. The second-order valence-electron chi connectivity index (χ2n) is 4.67. The van der Waals surface area contributed by atoms with Gasteiger partial charge in [-0.3, -0.25) is 4.98 Å². The minimum atomic E-state index is -0.160. The van der Waals surface area contributed by atoms with E-state index in [1.807, 2.05) is 26.0 Å². The molecule has 6 nitrogen and oxygen atoms in total. The fourth-order valence-corrected chi connectivity index (χ4v) is 1.61. The highest BCUT2D eigenvalue weighted by molar-refractivity contribution is 5.96. The lowest BCUT2D eigenvalue weighted by Gasteiger charge is -2.25. The SMILES string of the molecule is COCC(C)(C)NCc1cccnc1/C(N)=N/O. The number of nitrogens with one attached hydrogen (secondary N) is 1. The Kier molecular flexibility index (Phi) is 5.06. The number of amidine groups is 1. The average Bonchev–Trinajstić information content (AvgIpc) is 2.36. The third-order valence-corrected chi connectivity index (χ3v) is 2.50.